The Hall–Kier alpha value is -0.210. The number of rotatable bonds is 2. The predicted molar refractivity (Wildman–Crippen MR) is 77.2 cm³/mol. The molecule has 0 aliphatic carbocycles. The Labute approximate surface area is 120 Å². The van der Waals surface area contributed by atoms with E-state index in [-0.39, 0.29) is 17.5 Å². The fraction of sp³-hybridized carbons (Fsp3) is 1.00. The van der Waals surface area contributed by atoms with Gasteiger partial charge < -0.3 is 10.8 Å². The Bertz CT molecular complexity index is 448. The lowest BCUT2D eigenvalue weighted by Crippen LogP contribution is -2.48. The van der Waals surface area contributed by atoms with Crippen molar-refractivity contribution >= 4 is 9.84 Å². The summed E-state index contributed by atoms with van der Waals surface area (Å²) in [6, 6.07) is 0.639. The summed E-state index contributed by atoms with van der Waals surface area (Å²) in [7, 11) is -3.05. The van der Waals surface area contributed by atoms with Crippen molar-refractivity contribution in [2.75, 3.05) is 37.7 Å². The molecule has 3 unspecified atom stereocenters. The fourth-order valence-electron chi connectivity index (χ4n) is 3.81. The van der Waals surface area contributed by atoms with E-state index in [1.807, 2.05) is 0 Å². The average Bonchev–Trinajstić information content (AvgIpc) is 2.94. The van der Waals surface area contributed by atoms with Gasteiger partial charge in [-0.2, -0.15) is 0 Å². The van der Waals surface area contributed by atoms with E-state index in [0.29, 0.717) is 12.1 Å². The van der Waals surface area contributed by atoms with Crippen molar-refractivity contribution in [2.24, 2.45) is 5.73 Å². The first-order valence-electron chi connectivity index (χ1n) is 7.57. The van der Waals surface area contributed by atoms with Crippen LogP contribution in [0, 0.1) is 0 Å². The maximum absolute atomic E-state index is 11.6. The van der Waals surface area contributed by atoms with E-state index in [1.54, 1.807) is 0 Å². The van der Waals surface area contributed by atoms with Crippen LogP contribution in [-0.2, 0) is 9.84 Å². The summed E-state index contributed by atoms with van der Waals surface area (Å²) in [5, 5.41) is 9.97. The molecule has 3 heterocycles. The molecule has 6 nitrogen and oxygen atoms in total. The summed E-state index contributed by atoms with van der Waals surface area (Å²) >= 11 is 0. The van der Waals surface area contributed by atoms with Crippen LogP contribution in [0.15, 0.2) is 0 Å². The molecule has 7 heteroatoms. The van der Waals surface area contributed by atoms with Crippen molar-refractivity contribution in [1.29, 1.82) is 0 Å². The highest BCUT2D eigenvalue weighted by Gasteiger charge is 2.43. The molecule has 0 bridgehead atoms. The molecular formula is C13H25N3O3S. The zero-order valence-electron chi connectivity index (χ0n) is 11.8. The molecule has 20 heavy (non-hydrogen) atoms. The van der Waals surface area contributed by atoms with Gasteiger partial charge in [0.25, 0.3) is 0 Å². The van der Waals surface area contributed by atoms with E-state index in [2.05, 4.69) is 9.80 Å². The van der Waals surface area contributed by atoms with Gasteiger partial charge in [-0.15, -0.1) is 0 Å². The average molecular weight is 303 g/mol. The third kappa shape index (κ3) is 3.01. The molecule has 0 amide bonds. The van der Waals surface area contributed by atoms with Crippen molar-refractivity contribution < 1.29 is 13.5 Å². The largest absolute Gasteiger partial charge is 0.390 e. The normalized spacial score (nSPS) is 40.4. The number of hydrogen-bond donors (Lipinski definition) is 2. The molecule has 3 rings (SSSR count). The Kier molecular flexibility index (Phi) is 4.07. The van der Waals surface area contributed by atoms with Crippen molar-refractivity contribution in [2.45, 2.75) is 43.5 Å². The van der Waals surface area contributed by atoms with Crippen LogP contribution in [0.25, 0.3) is 0 Å². The van der Waals surface area contributed by atoms with Crippen molar-refractivity contribution in [3.05, 3.63) is 0 Å². The van der Waals surface area contributed by atoms with E-state index in [9.17, 15) is 13.5 Å². The first kappa shape index (κ1) is 14.7. The number of piperidine rings is 1. The van der Waals surface area contributed by atoms with Gasteiger partial charge >= 0.3 is 0 Å². The van der Waals surface area contributed by atoms with Crippen molar-refractivity contribution in [3.8, 4) is 0 Å². The number of likely N-dealkylation sites (tertiary alicyclic amines) is 2. The predicted octanol–water partition coefficient (Wildman–Crippen LogP) is -1.36. The van der Waals surface area contributed by atoms with Crippen LogP contribution >= 0.6 is 0 Å². The Morgan fingerprint density at radius 2 is 1.65 bits per heavy atom. The minimum Gasteiger partial charge on any atom is -0.390 e. The number of aliphatic hydroxyl groups excluding tert-OH is 1. The zero-order valence-corrected chi connectivity index (χ0v) is 12.6. The molecule has 0 saturated carbocycles. The second-order valence-corrected chi connectivity index (χ2v) is 8.68. The standard InChI is InChI=1S/C13H25N3O3S/c14-10-1-4-15(5-2-10)11-3-6-16(7-11)12-8-20(18,19)9-13(12)17/h10-13,17H,1-9,14H2. The summed E-state index contributed by atoms with van der Waals surface area (Å²) in [6.45, 7) is 3.87. The summed E-state index contributed by atoms with van der Waals surface area (Å²) in [5.74, 6) is 0.0448. The molecule has 3 N–H and O–H groups in total. The summed E-state index contributed by atoms with van der Waals surface area (Å²) < 4.78 is 23.2. The van der Waals surface area contributed by atoms with Crippen LogP contribution in [-0.4, -0.2) is 85.2 Å². The fourth-order valence-corrected chi connectivity index (χ4v) is 5.64. The number of aliphatic hydroxyl groups is 1. The SMILES string of the molecule is NC1CCN(C2CCN(C3CS(=O)(=O)CC3O)C2)CC1. The number of nitrogens with zero attached hydrogens (tertiary/aromatic N) is 2. The molecule has 3 atom stereocenters. The van der Waals surface area contributed by atoms with Crippen LogP contribution in [0.4, 0.5) is 0 Å². The van der Waals surface area contributed by atoms with Gasteiger partial charge in [-0.05, 0) is 32.4 Å². The van der Waals surface area contributed by atoms with Crippen LogP contribution in [0.2, 0.25) is 0 Å². The van der Waals surface area contributed by atoms with Gasteiger partial charge in [0.15, 0.2) is 9.84 Å². The quantitative estimate of drug-likeness (QED) is 0.655. The summed E-state index contributed by atoms with van der Waals surface area (Å²) in [6.07, 6.45) is 2.46. The summed E-state index contributed by atoms with van der Waals surface area (Å²) in [5.41, 5.74) is 5.93. The third-order valence-electron chi connectivity index (χ3n) is 5.05. The van der Waals surface area contributed by atoms with Gasteiger partial charge in [0.1, 0.15) is 0 Å². The van der Waals surface area contributed by atoms with Crippen LogP contribution in [0.5, 0.6) is 0 Å². The highest BCUT2D eigenvalue weighted by molar-refractivity contribution is 7.91. The van der Waals surface area contributed by atoms with Gasteiger partial charge in [-0.3, -0.25) is 9.80 Å². The monoisotopic (exact) mass is 303 g/mol. The van der Waals surface area contributed by atoms with Gasteiger partial charge in [-0.1, -0.05) is 0 Å². The maximum Gasteiger partial charge on any atom is 0.154 e. The van der Waals surface area contributed by atoms with Crippen LogP contribution < -0.4 is 5.73 Å². The third-order valence-corrected chi connectivity index (χ3v) is 6.75. The lowest BCUT2D eigenvalue weighted by molar-refractivity contribution is 0.0877. The van der Waals surface area contributed by atoms with Gasteiger partial charge in [0, 0.05) is 25.2 Å². The topological polar surface area (TPSA) is 86.9 Å². The molecule has 0 radical (unpaired) electrons. The highest BCUT2D eigenvalue weighted by Crippen LogP contribution is 2.26. The van der Waals surface area contributed by atoms with E-state index >= 15 is 0 Å². The lowest BCUT2D eigenvalue weighted by Gasteiger charge is -2.35. The Balaban J connectivity index is 1.57. The first-order chi connectivity index (χ1) is 9.44. The van der Waals surface area contributed by atoms with Gasteiger partial charge in [-0.25, -0.2) is 8.42 Å². The Morgan fingerprint density at radius 1 is 1.00 bits per heavy atom. The number of nitrogens with two attached hydrogens (primary N) is 1. The molecule has 116 valence electrons. The maximum atomic E-state index is 11.6. The molecule has 3 aliphatic rings. The van der Waals surface area contributed by atoms with E-state index in [1.165, 1.54) is 0 Å². The molecular weight excluding hydrogens is 278 g/mol. The molecule has 3 saturated heterocycles. The highest BCUT2D eigenvalue weighted by atomic mass is 32.2. The van der Waals surface area contributed by atoms with Crippen LogP contribution in [0.3, 0.4) is 0 Å². The minimum absolute atomic E-state index is 0.0720. The Morgan fingerprint density at radius 3 is 2.25 bits per heavy atom. The van der Waals surface area contributed by atoms with Gasteiger partial charge in [0.2, 0.25) is 0 Å². The first-order valence-corrected chi connectivity index (χ1v) is 9.39. The molecule has 0 aromatic rings. The second kappa shape index (κ2) is 5.53. The van der Waals surface area contributed by atoms with Crippen molar-refractivity contribution in [3.63, 3.8) is 0 Å². The summed E-state index contributed by atoms with van der Waals surface area (Å²) in [4.78, 5) is 4.66. The van der Waals surface area contributed by atoms with E-state index < -0.39 is 15.9 Å². The lowest BCUT2D eigenvalue weighted by atomic mass is 10.0. The number of sulfone groups is 1. The molecule has 0 aromatic heterocycles. The smallest absolute Gasteiger partial charge is 0.154 e. The number of hydrogen-bond acceptors (Lipinski definition) is 6. The van der Waals surface area contributed by atoms with Gasteiger partial charge in [0.05, 0.1) is 23.7 Å². The minimum atomic E-state index is -3.05. The van der Waals surface area contributed by atoms with E-state index in [0.717, 1.165) is 45.4 Å². The molecule has 3 fully saturated rings. The van der Waals surface area contributed by atoms with Crippen molar-refractivity contribution in [1.82, 2.24) is 9.80 Å². The van der Waals surface area contributed by atoms with Crippen LogP contribution in [0.1, 0.15) is 19.3 Å². The molecule has 0 spiro atoms. The molecule has 3 aliphatic heterocycles. The van der Waals surface area contributed by atoms with E-state index in [4.69, 9.17) is 5.73 Å². The second-order valence-electron chi connectivity index (χ2n) is 6.52. The zero-order chi connectivity index (χ0) is 14.3. The molecule has 0 aromatic carbocycles.